The Labute approximate surface area is 161 Å². The van der Waals surface area contributed by atoms with Gasteiger partial charge in [0.1, 0.15) is 5.75 Å². The first kappa shape index (κ1) is 20.5. The first-order chi connectivity index (χ1) is 13.1. The molecule has 0 N–H and O–H groups in total. The Morgan fingerprint density at radius 1 is 0.963 bits per heavy atom. The van der Waals surface area contributed by atoms with Gasteiger partial charge in [-0.3, -0.25) is 0 Å². The van der Waals surface area contributed by atoms with Gasteiger partial charge in [0.25, 0.3) is 0 Å². The van der Waals surface area contributed by atoms with Gasteiger partial charge in [-0.1, -0.05) is 44.7 Å². The quantitative estimate of drug-likeness (QED) is 0.567. The van der Waals surface area contributed by atoms with Crippen molar-refractivity contribution in [2.24, 2.45) is 17.8 Å². The molecule has 1 aliphatic heterocycles. The molecule has 0 bridgehead atoms. The molecule has 1 saturated carbocycles. The molecule has 152 valence electrons. The third kappa shape index (κ3) is 6.42. The predicted molar refractivity (Wildman–Crippen MR) is 101 cm³/mol. The van der Waals surface area contributed by atoms with Crippen molar-refractivity contribution in [1.29, 1.82) is 0 Å². The van der Waals surface area contributed by atoms with Crippen molar-refractivity contribution in [2.45, 2.75) is 71.2 Å². The lowest BCUT2D eigenvalue weighted by molar-refractivity contribution is -0.212. The second kappa shape index (κ2) is 10.4. The number of benzene rings is 1. The molecule has 27 heavy (non-hydrogen) atoms. The van der Waals surface area contributed by atoms with E-state index in [-0.39, 0.29) is 12.0 Å². The van der Waals surface area contributed by atoms with Gasteiger partial charge < -0.3 is 14.2 Å². The Morgan fingerprint density at radius 2 is 1.63 bits per heavy atom. The summed E-state index contributed by atoms with van der Waals surface area (Å²) in [5.74, 6) is 2.41. The molecule has 2 fully saturated rings. The average Bonchev–Trinajstić information content (AvgIpc) is 2.68. The van der Waals surface area contributed by atoms with Crippen LogP contribution in [0.4, 0.5) is 8.78 Å². The molecule has 0 spiro atoms. The smallest absolute Gasteiger partial charge is 0.387 e. The molecule has 1 heterocycles. The van der Waals surface area contributed by atoms with Crippen LogP contribution in [0.5, 0.6) is 5.75 Å². The minimum absolute atomic E-state index is 0.158. The second-order valence-electron chi connectivity index (χ2n) is 7.99. The van der Waals surface area contributed by atoms with Gasteiger partial charge in [0, 0.05) is 12.3 Å². The molecule has 2 aliphatic rings. The summed E-state index contributed by atoms with van der Waals surface area (Å²) in [6, 6.07) is 6.79. The molecule has 1 aromatic carbocycles. The minimum Gasteiger partial charge on any atom is -0.435 e. The summed E-state index contributed by atoms with van der Waals surface area (Å²) in [5, 5.41) is 0. The fourth-order valence-electron chi connectivity index (χ4n) is 4.48. The summed E-state index contributed by atoms with van der Waals surface area (Å²) in [6.07, 6.45) is 9.47. The number of ether oxygens (including phenoxy) is 3. The molecule has 1 aliphatic carbocycles. The average molecular weight is 382 g/mol. The van der Waals surface area contributed by atoms with Crippen LogP contribution in [0.25, 0.3) is 0 Å². The minimum atomic E-state index is -2.78. The van der Waals surface area contributed by atoms with Crippen molar-refractivity contribution in [3.05, 3.63) is 29.8 Å². The molecule has 0 radical (unpaired) electrons. The monoisotopic (exact) mass is 382 g/mol. The Kier molecular flexibility index (Phi) is 7.89. The Morgan fingerprint density at radius 3 is 2.22 bits per heavy atom. The summed E-state index contributed by atoms with van der Waals surface area (Å²) in [5.41, 5.74) is 1.07. The number of hydrogen-bond acceptors (Lipinski definition) is 3. The van der Waals surface area contributed by atoms with Gasteiger partial charge in [-0.2, -0.15) is 8.78 Å². The summed E-state index contributed by atoms with van der Waals surface area (Å²) in [4.78, 5) is 0. The van der Waals surface area contributed by atoms with Crippen LogP contribution in [-0.2, 0) is 15.9 Å². The van der Waals surface area contributed by atoms with E-state index in [4.69, 9.17) is 9.47 Å². The van der Waals surface area contributed by atoms with E-state index < -0.39 is 6.61 Å². The maximum atomic E-state index is 12.2. The van der Waals surface area contributed by atoms with E-state index in [9.17, 15) is 8.78 Å². The van der Waals surface area contributed by atoms with Crippen molar-refractivity contribution >= 4 is 0 Å². The molecule has 3 nitrogen and oxygen atoms in total. The fourth-order valence-corrected chi connectivity index (χ4v) is 4.48. The zero-order chi connectivity index (χ0) is 19.1. The molecular weight excluding hydrogens is 350 g/mol. The molecule has 0 aromatic heterocycles. The van der Waals surface area contributed by atoms with E-state index in [0.717, 1.165) is 43.5 Å². The van der Waals surface area contributed by atoms with Crippen molar-refractivity contribution in [3.8, 4) is 5.75 Å². The van der Waals surface area contributed by atoms with E-state index in [1.54, 1.807) is 12.1 Å². The maximum Gasteiger partial charge on any atom is 0.387 e. The number of hydrogen-bond donors (Lipinski definition) is 0. The molecule has 0 atom stereocenters. The lowest BCUT2D eigenvalue weighted by Gasteiger charge is -2.37. The normalized spacial score (nSPS) is 29.0. The number of rotatable bonds is 8. The lowest BCUT2D eigenvalue weighted by atomic mass is 9.75. The highest BCUT2D eigenvalue weighted by atomic mass is 19.3. The van der Waals surface area contributed by atoms with Crippen LogP contribution in [-0.4, -0.2) is 26.1 Å². The predicted octanol–water partition coefficient (Wildman–Crippen LogP) is 5.82. The molecule has 3 rings (SSSR count). The second-order valence-corrected chi connectivity index (χ2v) is 7.99. The summed E-state index contributed by atoms with van der Waals surface area (Å²) in [6.45, 7) is 1.10. The van der Waals surface area contributed by atoms with Gasteiger partial charge in [-0.05, 0) is 48.8 Å². The SMILES string of the molecule is CCCC1CCC(C2COC(CCc3ccc(OC(F)F)cc3)OC2)CC1. The highest BCUT2D eigenvalue weighted by Crippen LogP contribution is 2.37. The zero-order valence-electron chi connectivity index (χ0n) is 16.2. The van der Waals surface area contributed by atoms with Gasteiger partial charge in [0.05, 0.1) is 13.2 Å². The van der Waals surface area contributed by atoms with Gasteiger partial charge in [0.2, 0.25) is 0 Å². The van der Waals surface area contributed by atoms with Crippen molar-refractivity contribution in [1.82, 2.24) is 0 Å². The van der Waals surface area contributed by atoms with E-state index in [0.29, 0.717) is 5.92 Å². The Bertz CT molecular complexity index is 533. The topological polar surface area (TPSA) is 27.7 Å². The molecule has 5 heteroatoms. The van der Waals surface area contributed by atoms with Crippen LogP contribution in [0.1, 0.15) is 57.4 Å². The molecule has 1 saturated heterocycles. The summed E-state index contributed by atoms with van der Waals surface area (Å²) in [7, 11) is 0. The van der Waals surface area contributed by atoms with Gasteiger partial charge in [-0.25, -0.2) is 0 Å². The highest BCUT2D eigenvalue weighted by Gasteiger charge is 2.31. The first-order valence-corrected chi connectivity index (χ1v) is 10.4. The summed E-state index contributed by atoms with van der Waals surface area (Å²) < 4.78 is 40.7. The molecule has 0 amide bonds. The lowest BCUT2D eigenvalue weighted by Crippen LogP contribution is -2.37. The Hall–Kier alpha value is -1.20. The maximum absolute atomic E-state index is 12.2. The van der Waals surface area contributed by atoms with E-state index in [1.807, 2.05) is 12.1 Å². The van der Waals surface area contributed by atoms with Crippen LogP contribution >= 0.6 is 0 Å². The van der Waals surface area contributed by atoms with Gasteiger partial charge >= 0.3 is 6.61 Å². The number of aryl methyl sites for hydroxylation is 1. The van der Waals surface area contributed by atoms with Crippen LogP contribution in [0.15, 0.2) is 24.3 Å². The zero-order valence-corrected chi connectivity index (χ0v) is 16.2. The Balaban J connectivity index is 1.35. The fraction of sp³-hybridized carbons (Fsp3) is 0.727. The highest BCUT2D eigenvalue weighted by molar-refractivity contribution is 5.27. The van der Waals surface area contributed by atoms with Crippen LogP contribution in [0.3, 0.4) is 0 Å². The summed E-state index contributed by atoms with van der Waals surface area (Å²) >= 11 is 0. The van der Waals surface area contributed by atoms with Gasteiger partial charge in [0.15, 0.2) is 6.29 Å². The first-order valence-electron chi connectivity index (χ1n) is 10.4. The van der Waals surface area contributed by atoms with Crippen molar-refractivity contribution in [3.63, 3.8) is 0 Å². The largest absolute Gasteiger partial charge is 0.435 e. The number of alkyl halides is 2. The third-order valence-corrected chi connectivity index (χ3v) is 6.06. The molecule has 0 unspecified atom stereocenters. The van der Waals surface area contributed by atoms with E-state index in [2.05, 4.69) is 11.7 Å². The van der Waals surface area contributed by atoms with Crippen LogP contribution in [0, 0.1) is 17.8 Å². The number of halogens is 2. The molecular formula is C22H32F2O3. The standard InChI is InChI=1S/C22H32F2O3/c1-2-3-16-4-9-18(10-5-16)19-14-25-21(26-15-19)13-8-17-6-11-20(12-7-17)27-22(23)24/h6-7,11-12,16,18-19,21-22H,2-5,8-10,13-15H2,1H3. The third-order valence-electron chi connectivity index (χ3n) is 6.06. The van der Waals surface area contributed by atoms with E-state index >= 15 is 0 Å². The van der Waals surface area contributed by atoms with Crippen LogP contribution in [0.2, 0.25) is 0 Å². The van der Waals surface area contributed by atoms with Gasteiger partial charge in [-0.15, -0.1) is 0 Å². The van der Waals surface area contributed by atoms with Crippen molar-refractivity contribution < 1.29 is 23.0 Å². The van der Waals surface area contributed by atoms with Crippen LogP contribution < -0.4 is 4.74 Å². The van der Waals surface area contributed by atoms with E-state index in [1.165, 1.54) is 38.5 Å². The molecule has 1 aromatic rings. The van der Waals surface area contributed by atoms with Crippen molar-refractivity contribution in [2.75, 3.05) is 13.2 Å².